The molecule has 0 radical (unpaired) electrons. The highest BCUT2D eigenvalue weighted by atomic mass is 32.1. The molecule has 6 rings (SSSR count). The van der Waals surface area contributed by atoms with Crippen LogP contribution >= 0.6 is 11.3 Å². The molecule has 9 heteroatoms. The minimum atomic E-state index is -0.446. The van der Waals surface area contributed by atoms with Crippen LogP contribution < -0.4 is 14.8 Å². The Morgan fingerprint density at radius 1 is 1.15 bits per heavy atom. The van der Waals surface area contributed by atoms with Gasteiger partial charge in [0, 0.05) is 36.0 Å². The van der Waals surface area contributed by atoms with Crippen LogP contribution in [0.25, 0.3) is 17.1 Å². The summed E-state index contributed by atoms with van der Waals surface area (Å²) in [6.45, 7) is 5.84. The van der Waals surface area contributed by atoms with Crippen LogP contribution in [0.2, 0.25) is 0 Å². The number of nitrogens with zero attached hydrogens (tertiary/aromatic N) is 3. The van der Waals surface area contributed by atoms with E-state index in [1.54, 1.807) is 23.3 Å². The number of ketones is 1. The first-order valence-corrected chi connectivity index (χ1v) is 15.0. The summed E-state index contributed by atoms with van der Waals surface area (Å²) in [5.41, 5.74) is 4.40. The van der Waals surface area contributed by atoms with Crippen molar-refractivity contribution in [1.82, 2.24) is 19.8 Å². The molecule has 39 heavy (non-hydrogen) atoms. The molecule has 1 atom stereocenters. The van der Waals surface area contributed by atoms with Crippen molar-refractivity contribution in [2.45, 2.75) is 64.5 Å². The molecule has 0 bridgehead atoms. The number of methoxy groups -OCH3 is 1. The molecule has 3 aromatic rings. The van der Waals surface area contributed by atoms with Crippen LogP contribution in [-0.4, -0.2) is 65.0 Å². The summed E-state index contributed by atoms with van der Waals surface area (Å²) in [4.78, 5) is 34.6. The van der Waals surface area contributed by atoms with Crippen molar-refractivity contribution in [2.75, 3.05) is 26.7 Å². The van der Waals surface area contributed by atoms with E-state index >= 15 is 0 Å². The molecule has 0 spiro atoms. The lowest BCUT2D eigenvalue weighted by molar-refractivity contribution is -0.129. The maximum absolute atomic E-state index is 14.3. The van der Waals surface area contributed by atoms with E-state index in [4.69, 9.17) is 14.5 Å². The predicted molar refractivity (Wildman–Crippen MR) is 151 cm³/mol. The molecule has 1 aromatic carbocycles. The maximum atomic E-state index is 14.3. The smallest absolute Gasteiger partial charge is 0.275 e. The Balaban J connectivity index is 1.46. The molecule has 2 aliphatic heterocycles. The first kappa shape index (κ1) is 26.1. The van der Waals surface area contributed by atoms with Crippen molar-refractivity contribution in [3.05, 3.63) is 45.9 Å². The van der Waals surface area contributed by atoms with Crippen LogP contribution in [0.3, 0.4) is 0 Å². The van der Waals surface area contributed by atoms with Crippen LogP contribution in [0.5, 0.6) is 11.5 Å². The fourth-order valence-corrected chi connectivity index (χ4v) is 6.57. The molecule has 1 unspecified atom stereocenters. The van der Waals surface area contributed by atoms with Crippen LogP contribution in [0.4, 0.5) is 0 Å². The number of imidazole rings is 1. The van der Waals surface area contributed by atoms with E-state index in [1.807, 2.05) is 37.4 Å². The first-order valence-electron chi connectivity index (χ1n) is 14.0. The molecule has 1 saturated carbocycles. The Hall–Kier alpha value is -3.17. The zero-order valence-corrected chi connectivity index (χ0v) is 23.7. The Labute approximate surface area is 233 Å². The number of ether oxygens (including phenoxy) is 2. The van der Waals surface area contributed by atoms with E-state index in [1.165, 1.54) is 0 Å². The highest BCUT2D eigenvalue weighted by Gasteiger charge is 2.39. The van der Waals surface area contributed by atoms with E-state index in [9.17, 15) is 9.59 Å². The van der Waals surface area contributed by atoms with Gasteiger partial charge in [0.15, 0.2) is 23.0 Å². The molecule has 1 aliphatic carbocycles. The van der Waals surface area contributed by atoms with E-state index in [0.29, 0.717) is 36.7 Å². The van der Waals surface area contributed by atoms with Gasteiger partial charge in [-0.1, -0.05) is 6.42 Å². The molecule has 3 aliphatic rings. The number of carbonyl (C=O) groups is 2. The van der Waals surface area contributed by atoms with E-state index in [-0.39, 0.29) is 23.7 Å². The number of hydrogen-bond acceptors (Lipinski definition) is 7. The monoisotopic (exact) mass is 548 g/mol. The Morgan fingerprint density at radius 3 is 2.69 bits per heavy atom. The summed E-state index contributed by atoms with van der Waals surface area (Å²) >= 11 is 1.60. The van der Waals surface area contributed by atoms with E-state index in [2.05, 4.69) is 15.3 Å². The highest BCUT2D eigenvalue weighted by molar-refractivity contribution is 7.08. The fraction of sp³-hybridized carbons (Fsp3) is 0.500. The summed E-state index contributed by atoms with van der Waals surface area (Å²) in [5.74, 6) is 2.24. The van der Waals surface area contributed by atoms with Gasteiger partial charge in [-0.3, -0.25) is 14.2 Å². The Bertz CT molecular complexity index is 1380. The minimum Gasteiger partial charge on any atom is -0.493 e. The molecule has 1 saturated heterocycles. The number of Topliss-reactive ketones (excluding diaryl/α,β-unsaturated/α-hetero) is 1. The van der Waals surface area contributed by atoms with Crippen molar-refractivity contribution >= 4 is 23.0 Å². The Kier molecular flexibility index (Phi) is 7.20. The number of aromatic nitrogens is 2. The molecule has 4 heterocycles. The first-order chi connectivity index (χ1) is 19.0. The van der Waals surface area contributed by atoms with Crippen LogP contribution in [0.15, 0.2) is 29.0 Å². The van der Waals surface area contributed by atoms with Crippen molar-refractivity contribution in [3.8, 4) is 28.6 Å². The number of benzene rings is 1. The summed E-state index contributed by atoms with van der Waals surface area (Å²) in [6.07, 6.45) is 5.18. The number of thiophene rings is 1. The number of rotatable bonds is 7. The normalized spacial score (nSPS) is 19.2. The average Bonchev–Trinajstić information content (AvgIpc) is 3.48. The van der Waals surface area contributed by atoms with Gasteiger partial charge >= 0.3 is 0 Å². The quantitative estimate of drug-likeness (QED) is 0.462. The summed E-state index contributed by atoms with van der Waals surface area (Å²) in [7, 11) is 1.66. The van der Waals surface area contributed by atoms with Gasteiger partial charge in [-0.05, 0) is 75.6 Å². The molecule has 1 amide bonds. The van der Waals surface area contributed by atoms with E-state index in [0.717, 1.165) is 67.0 Å². The SMILES string of the molecule is COc1cc2c(cc1OC(C)C)-n1c(-c3ccsc3)nc(C(=O)N3CCCNCC3C(=O)C3CCC3)c1CC2. The highest BCUT2D eigenvalue weighted by Crippen LogP contribution is 2.40. The van der Waals surface area contributed by atoms with Crippen molar-refractivity contribution in [2.24, 2.45) is 5.92 Å². The van der Waals surface area contributed by atoms with Gasteiger partial charge in [-0.25, -0.2) is 4.98 Å². The third kappa shape index (κ3) is 4.76. The molecule has 2 fully saturated rings. The summed E-state index contributed by atoms with van der Waals surface area (Å²) in [6, 6.07) is 5.65. The molecule has 8 nitrogen and oxygen atoms in total. The van der Waals surface area contributed by atoms with Gasteiger partial charge in [-0.2, -0.15) is 11.3 Å². The zero-order chi connectivity index (χ0) is 27.1. The Morgan fingerprint density at radius 2 is 2.00 bits per heavy atom. The lowest BCUT2D eigenvalue weighted by atomic mass is 9.79. The standard InChI is InChI=1S/C30H36N4O4S/c1-18(2)38-26-15-23-20(14-25(26)37-3)8-9-22-27(32-29(34(22)23)21-10-13-39-17-21)30(36)33-12-5-11-31-16-24(33)28(35)19-6-4-7-19/h10,13-15,17-19,24,31H,4-9,11-12,16H2,1-3H3. The number of nitrogens with one attached hydrogen (secondary N) is 1. The van der Waals surface area contributed by atoms with Gasteiger partial charge in [0.25, 0.3) is 5.91 Å². The maximum Gasteiger partial charge on any atom is 0.275 e. The van der Waals surface area contributed by atoms with Gasteiger partial charge in [0.1, 0.15) is 11.9 Å². The van der Waals surface area contributed by atoms with Crippen LogP contribution in [-0.2, 0) is 17.6 Å². The molecule has 2 aromatic heterocycles. The summed E-state index contributed by atoms with van der Waals surface area (Å²) in [5, 5.41) is 7.47. The molecule has 1 N–H and O–H groups in total. The van der Waals surface area contributed by atoms with Crippen molar-refractivity contribution in [1.29, 1.82) is 0 Å². The lowest BCUT2D eigenvalue weighted by Gasteiger charge is -2.34. The number of hydrogen-bond donors (Lipinski definition) is 1. The number of amides is 1. The fourth-order valence-electron chi connectivity index (χ4n) is 5.94. The number of aryl methyl sites for hydroxylation is 1. The van der Waals surface area contributed by atoms with Gasteiger partial charge in [0.05, 0.1) is 24.6 Å². The second kappa shape index (κ2) is 10.8. The predicted octanol–water partition coefficient (Wildman–Crippen LogP) is 4.67. The van der Waals surface area contributed by atoms with Gasteiger partial charge < -0.3 is 19.7 Å². The molecule has 206 valence electrons. The topological polar surface area (TPSA) is 85.7 Å². The lowest BCUT2D eigenvalue weighted by Crippen LogP contribution is -2.51. The minimum absolute atomic E-state index is 0.0157. The van der Waals surface area contributed by atoms with Gasteiger partial charge in [-0.15, -0.1) is 0 Å². The van der Waals surface area contributed by atoms with Gasteiger partial charge in [0.2, 0.25) is 0 Å². The number of carbonyl (C=O) groups excluding carboxylic acids is 2. The third-order valence-electron chi connectivity index (χ3n) is 8.12. The second-order valence-electron chi connectivity index (χ2n) is 11.0. The van der Waals surface area contributed by atoms with Crippen molar-refractivity contribution in [3.63, 3.8) is 0 Å². The largest absolute Gasteiger partial charge is 0.493 e. The summed E-state index contributed by atoms with van der Waals surface area (Å²) < 4.78 is 13.9. The van der Waals surface area contributed by atoms with Crippen LogP contribution in [0.1, 0.15) is 61.3 Å². The zero-order valence-electron chi connectivity index (χ0n) is 22.9. The second-order valence-corrected chi connectivity index (χ2v) is 11.8. The van der Waals surface area contributed by atoms with Crippen molar-refractivity contribution < 1.29 is 19.1 Å². The van der Waals surface area contributed by atoms with Crippen LogP contribution in [0, 0.1) is 5.92 Å². The van der Waals surface area contributed by atoms with E-state index < -0.39 is 6.04 Å². The molecular weight excluding hydrogens is 512 g/mol. The number of fused-ring (bicyclic) bond motifs is 3. The molecular formula is C30H36N4O4S. The third-order valence-corrected chi connectivity index (χ3v) is 8.80. The average molecular weight is 549 g/mol.